The smallest absolute Gasteiger partial charge is 0.170 e. The monoisotopic (exact) mass is 410 g/mol. The van der Waals surface area contributed by atoms with Crippen molar-refractivity contribution in [2.45, 2.75) is 52.9 Å². The van der Waals surface area contributed by atoms with Crippen LogP contribution in [0.1, 0.15) is 61.5 Å². The Hall–Kier alpha value is -3.21. The van der Waals surface area contributed by atoms with E-state index in [1.54, 1.807) is 24.3 Å². The molecule has 5 heteroatoms. The molecule has 4 N–H and O–H groups in total. The molecule has 30 heavy (non-hydrogen) atoms. The number of carbonyl (C=O) groups is 1. The van der Waals surface area contributed by atoms with Gasteiger partial charge in [-0.2, -0.15) is 0 Å². The maximum Gasteiger partial charge on any atom is 0.170 e. The summed E-state index contributed by atoms with van der Waals surface area (Å²) in [6.07, 6.45) is 6.58. The van der Waals surface area contributed by atoms with Gasteiger partial charge in [-0.05, 0) is 64.2 Å². The molecule has 0 aliphatic heterocycles. The zero-order valence-corrected chi connectivity index (χ0v) is 17.8. The molecule has 0 fully saturated rings. The fourth-order valence-corrected chi connectivity index (χ4v) is 3.17. The summed E-state index contributed by atoms with van der Waals surface area (Å²) in [4.78, 5) is 12.7. The number of aromatic hydroxyl groups is 4. The van der Waals surface area contributed by atoms with E-state index < -0.39 is 11.5 Å². The van der Waals surface area contributed by atoms with E-state index >= 15 is 0 Å². The van der Waals surface area contributed by atoms with Crippen LogP contribution in [-0.4, -0.2) is 26.2 Å². The Kier molecular flexibility index (Phi) is 8.10. The maximum atomic E-state index is 12.7. The number of benzene rings is 2. The standard InChI is InChI=1S/C25H30O5/c1-16(2)5-4-6-17(3)7-13-20-22(28)15-23(29)24(25(20)30)21(27)14-10-18-8-11-19(26)12-9-18/h5,7-9,11-12,15,26,28-30H,4,6,10,13-14H2,1-3H3/b17-7-. The molecule has 0 aromatic heterocycles. The van der Waals surface area contributed by atoms with Gasteiger partial charge in [0.1, 0.15) is 28.6 Å². The highest BCUT2D eigenvalue weighted by molar-refractivity contribution is 6.02. The Morgan fingerprint density at radius 1 is 0.900 bits per heavy atom. The molecule has 5 nitrogen and oxygen atoms in total. The van der Waals surface area contributed by atoms with Crippen molar-refractivity contribution in [3.63, 3.8) is 0 Å². The molecular formula is C25H30O5. The van der Waals surface area contributed by atoms with E-state index in [4.69, 9.17) is 0 Å². The van der Waals surface area contributed by atoms with Crippen LogP contribution in [-0.2, 0) is 12.8 Å². The molecule has 0 amide bonds. The van der Waals surface area contributed by atoms with Gasteiger partial charge in [-0.25, -0.2) is 0 Å². The SMILES string of the molecule is CC(C)=CCC/C(C)=C\Cc1c(O)cc(O)c(C(=O)CCc2ccc(O)cc2)c1O. The zero-order valence-electron chi connectivity index (χ0n) is 17.8. The minimum Gasteiger partial charge on any atom is -0.508 e. The van der Waals surface area contributed by atoms with Crippen molar-refractivity contribution in [1.29, 1.82) is 0 Å². The number of hydrogen-bond donors (Lipinski definition) is 4. The molecule has 0 atom stereocenters. The molecule has 2 aromatic rings. The third kappa shape index (κ3) is 6.41. The maximum absolute atomic E-state index is 12.7. The molecule has 0 saturated heterocycles. The summed E-state index contributed by atoms with van der Waals surface area (Å²) in [6.45, 7) is 6.08. The van der Waals surface area contributed by atoms with Crippen molar-refractivity contribution >= 4 is 5.78 Å². The fourth-order valence-electron chi connectivity index (χ4n) is 3.17. The van der Waals surface area contributed by atoms with Crippen molar-refractivity contribution in [1.82, 2.24) is 0 Å². The fraction of sp³-hybridized carbons (Fsp3) is 0.320. The summed E-state index contributed by atoms with van der Waals surface area (Å²) >= 11 is 0. The van der Waals surface area contributed by atoms with E-state index in [1.165, 1.54) is 5.57 Å². The van der Waals surface area contributed by atoms with Crippen LogP contribution in [0.25, 0.3) is 0 Å². The molecule has 0 aliphatic rings. The average molecular weight is 411 g/mol. The van der Waals surface area contributed by atoms with E-state index in [9.17, 15) is 25.2 Å². The molecule has 0 aliphatic carbocycles. The van der Waals surface area contributed by atoms with Crippen LogP contribution in [0.5, 0.6) is 23.0 Å². The number of ketones is 1. The Balaban J connectivity index is 2.15. The third-order valence-electron chi connectivity index (χ3n) is 4.96. The van der Waals surface area contributed by atoms with Crippen LogP contribution in [0.15, 0.2) is 53.6 Å². The highest BCUT2D eigenvalue weighted by Gasteiger charge is 2.22. The van der Waals surface area contributed by atoms with E-state index in [-0.39, 0.29) is 41.2 Å². The van der Waals surface area contributed by atoms with Gasteiger partial charge in [0.2, 0.25) is 0 Å². The quantitative estimate of drug-likeness (QED) is 0.320. The summed E-state index contributed by atoms with van der Waals surface area (Å²) < 4.78 is 0. The Morgan fingerprint density at radius 3 is 2.20 bits per heavy atom. The van der Waals surface area contributed by atoms with E-state index in [1.807, 2.05) is 26.8 Å². The van der Waals surface area contributed by atoms with Crippen molar-refractivity contribution in [2.75, 3.05) is 0 Å². The van der Waals surface area contributed by atoms with Gasteiger partial charge in [-0.15, -0.1) is 0 Å². The molecule has 0 spiro atoms. The minimum absolute atomic E-state index is 0.0771. The Labute approximate surface area is 177 Å². The molecule has 0 bridgehead atoms. The van der Waals surface area contributed by atoms with Crippen LogP contribution >= 0.6 is 0 Å². The molecule has 160 valence electrons. The number of rotatable bonds is 9. The summed E-state index contributed by atoms with van der Waals surface area (Å²) in [5.41, 5.74) is 3.28. The average Bonchev–Trinajstić information content (AvgIpc) is 2.66. The van der Waals surface area contributed by atoms with Crippen LogP contribution in [0, 0.1) is 0 Å². The second-order valence-corrected chi connectivity index (χ2v) is 7.78. The van der Waals surface area contributed by atoms with Crippen molar-refractivity contribution in [3.05, 3.63) is 70.3 Å². The second-order valence-electron chi connectivity index (χ2n) is 7.78. The summed E-state index contributed by atoms with van der Waals surface area (Å²) in [7, 11) is 0. The van der Waals surface area contributed by atoms with Gasteiger partial charge in [0.25, 0.3) is 0 Å². The highest BCUT2D eigenvalue weighted by Crippen LogP contribution is 2.39. The first kappa shape index (κ1) is 23.1. The van der Waals surface area contributed by atoms with Crippen LogP contribution < -0.4 is 0 Å². The molecular weight excluding hydrogens is 380 g/mol. The van der Waals surface area contributed by atoms with Crippen molar-refractivity contribution in [3.8, 4) is 23.0 Å². The number of hydrogen-bond acceptors (Lipinski definition) is 5. The minimum atomic E-state index is -0.436. The lowest BCUT2D eigenvalue weighted by Crippen LogP contribution is -2.04. The summed E-state index contributed by atoms with van der Waals surface area (Å²) in [5.74, 6) is -1.32. The molecule has 0 unspecified atom stereocenters. The topological polar surface area (TPSA) is 98.0 Å². The number of phenolic OH excluding ortho intramolecular Hbond substituents is 4. The van der Waals surface area contributed by atoms with E-state index in [2.05, 4.69) is 6.08 Å². The summed E-state index contributed by atoms with van der Waals surface area (Å²) in [6, 6.07) is 7.62. The molecule has 2 aromatic carbocycles. The number of Topliss-reactive ketones (excluding diaryl/α,β-unsaturated/α-hetero) is 1. The largest absolute Gasteiger partial charge is 0.508 e. The Bertz CT molecular complexity index is 948. The van der Waals surface area contributed by atoms with Crippen molar-refractivity contribution in [2.24, 2.45) is 0 Å². The Morgan fingerprint density at radius 2 is 1.57 bits per heavy atom. The predicted octanol–water partition coefficient (Wildman–Crippen LogP) is 5.56. The van der Waals surface area contributed by atoms with Gasteiger partial charge in [0, 0.05) is 18.1 Å². The van der Waals surface area contributed by atoms with Gasteiger partial charge in [-0.3, -0.25) is 4.79 Å². The van der Waals surface area contributed by atoms with Gasteiger partial charge < -0.3 is 20.4 Å². The molecule has 2 rings (SSSR count). The van der Waals surface area contributed by atoms with Crippen LogP contribution in [0.4, 0.5) is 0 Å². The lowest BCUT2D eigenvalue weighted by Gasteiger charge is -2.13. The van der Waals surface area contributed by atoms with Gasteiger partial charge >= 0.3 is 0 Å². The van der Waals surface area contributed by atoms with E-state index in [0.29, 0.717) is 6.42 Å². The molecule has 0 heterocycles. The first-order chi connectivity index (χ1) is 14.2. The highest BCUT2D eigenvalue weighted by atomic mass is 16.3. The normalized spacial score (nSPS) is 11.4. The summed E-state index contributed by atoms with van der Waals surface area (Å²) in [5, 5.41) is 40.3. The third-order valence-corrected chi connectivity index (χ3v) is 4.96. The number of aryl methyl sites for hydroxylation is 1. The van der Waals surface area contributed by atoms with Crippen LogP contribution in [0.2, 0.25) is 0 Å². The first-order valence-corrected chi connectivity index (χ1v) is 10.1. The van der Waals surface area contributed by atoms with Gasteiger partial charge in [-0.1, -0.05) is 35.4 Å². The zero-order chi connectivity index (χ0) is 22.3. The lowest BCUT2D eigenvalue weighted by molar-refractivity contribution is 0.0977. The number of carbonyl (C=O) groups excluding carboxylic acids is 1. The second kappa shape index (κ2) is 10.5. The van der Waals surface area contributed by atoms with Crippen molar-refractivity contribution < 1.29 is 25.2 Å². The van der Waals surface area contributed by atoms with Crippen LogP contribution in [0.3, 0.4) is 0 Å². The van der Waals surface area contributed by atoms with Gasteiger partial charge in [0.15, 0.2) is 5.78 Å². The molecule has 0 saturated carbocycles. The first-order valence-electron chi connectivity index (χ1n) is 10.1. The molecule has 0 radical (unpaired) electrons. The van der Waals surface area contributed by atoms with E-state index in [0.717, 1.165) is 30.0 Å². The number of allylic oxidation sites excluding steroid dienone is 4. The lowest BCUT2D eigenvalue weighted by atomic mass is 9.96. The predicted molar refractivity (Wildman–Crippen MR) is 118 cm³/mol. The van der Waals surface area contributed by atoms with Gasteiger partial charge in [0.05, 0.1) is 0 Å². The number of phenols is 4.